The first kappa shape index (κ1) is 14.3. The lowest BCUT2D eigenvalue weighted by atomic mass is 10.0. The van der Waals surface area contributed by atoms with Gasteiger partial charge in [-0.05, 0) is 0 Å². The molecule has 4 atom stereocenters. The van der Waals surface area contributed by atoms with Crippen molar-refractivity contribution in [1.29, 1.82) is 0 Å². The molecule has 88 valence electrons. The second-order valence-corrected chi connectivity index (χ2v) is 3.02. The molecule has 4 unspecified atom stereocenters. The summed E-state index contributed by atoms with van der Waals surface area (Å²) in [5.41, 5.74) is 0. The molecule has 0 saturated heterocycles. The minimum absolute atomic E-state index is 0.0254. The van der Waals surface area contributed by atoms with Gasteiger partial charge in [-0.15, -0.1) is 6.42 Å². The Kier molecular flexibility index (Phi) is 7.25. The maximum atomic E-state index is 9.28. The summed E-state index contributed by atoms with van der Waals surface area (Å²) in [7, 11) is 0. The van der Waals surface area contributed by atoms with Crippen molar-refractivity contribution in [3.63, 3.8) is 0 Å². The summed E-state index contributed by atoms with van der Waals surface area (Å²) in [5, 5.41) is 45.2. The molecule has 6 heteroatoms. The number of hydrogen-bond acceptors (Lipinski definition) is 6. The highest BCUT2D eigenvalue weighted by Gasteiger charge is 2.29. The normalized spacial score (nSPS) is 18.9. The summed E-state index contributed by atoms with van der Waals surface area (Å²) in [5.74, 6) is 2.16. The zero-order chi connectivity index (χ0) is 11.8. The molecule has 0 amide bonds. The van der Waals surface area contributed by atoms with E-state index in [4.69, 9.17) is 21.4 Å². The van der Waals surface area contributed by atoms with E-state index in [0.29, 0.717) is 0 Å². The minimum atomic E-state index is -1.64. The lowest BCUT2D eigenvalue weighted by molar-refractivity contribution is -0.127. The summed E-state index contributed by atoms with van der Waals surface area (Å²) in [6.07, 6.45) is -1.26. The van der Waals surface area contributed by atoms with Crippen LogP contribution in [-0.4, -0.2) is 69.8 Å². The second-order valence-electron chi connectivity index (χ2n) is 3.02. The van der Waals surface area contributed by atoms with Crippen LogP contribution in [-0.2, 0) is 4.74 Å². The molecule has 0 aromatic heterocycles. The van der Waals surface area contributed by atoms with Crippen molar-refractivity contribution in [1.82, 2.24) is 0 Å². The van der Waals surface area contributed by atoms with Crippen molar-refractivity contribution in [2.24, 2.45) is 0 Å². The fourth-order valence-electron chi connectivity index (χ4n) is 0.900. The summed E-state index contributed by atoms with van der Waals surface area (Å²) in [6, 6.07) is 0. The molecule has 0 aliphatic carbocycles. The fourth-order valence-corrected chi connectivity index (χ4v) is 0.900. The van der Waals surface area contributed by atoms with E-state index in [1.165, 1.54) is 0 Å². The van der Waals surface area contributed by atoms with Crippen LogP contribution in [0.25, 0.3) is 0 Å². The molecule has 0 aromatic carbocycles. The van der Waals surface area contributed by atoms with Crippen LogP contribution in [0.1, 0.15) is 0 Å². The number of aliphatic hydroxyl groups excluding tert-OH is 5. The van der Waals surface area contributed by atoms with Gasteiger partial charge in [0.1, 0.15) is 31.0 Å². The van der Waals surface area contributed by atoms with Gasteiger partial charge < -0.3 is 30.3 Å². The van der Waals surface area contributed by atoms with Gasteiger partial charge in [0.05, 0.1) is 13.2 Å². The standard InChI is InChI=1S/C9H16O6/c1-2-3-15-5-7(12)9(14)8(13)6(11)4-10/h1,6-14H,3-5H2. The summed E-state index contributed by atoms with van der Waals surface area (Å²) in [6.45, 7) is -1.00. The van der Waals surface area contributed by atoms with Gasteiger partial charge in [0.2, 0.25) is 0 Å². The van der Waals surface area contributed by atoms with Gasteiger partial charge in [-0.1, -0.05) is 5.92 Å². The van der Waals surface area contributed by atoms with Gasteiger partial charge in [0.15, 0.2) is 0 Å². The predicted octanol–water partition coefficient (Wildman–Crippen LogP) is -2.93. The van der Waals surface area contributed by atoms with Gasteiger partial charge in [-0.25, -0.2) is 0 Å². The Bertz CT molecular complexity index is 201. The third kappa shape index (κ3) is 5.09. The highest BCUT2D eigenvalue weighted by Crippen LogP contribution is 2.05. The molecule has 0 heterocycles. The highest BCUT2D eigenvalue weighted by atomic mass is 16.5. The van der Waals surface area contributed by atoms with Crippen molar-refractivity contribution in [2.45, 2.75) is 24.4 Å². The molecule has 0 saturated carbocycles. The van der Waals surface area contributed by atoms with Gasteiger partial charge >= 0.3 is 0 Å². The van der Waals surface area contributed by atoms with Crippen LogP contribution < -0.4 is 0 Å². The van der Waals surface area contributed by atoms with Crippen molar-refractivity contribution in [3.8, 4) is 12.3 Å². The number of ether oxygens (including phenoxy) is 1. The topological polar surface area (TPSA) is 110 Å². The second kappa shape index (κ2) is 7.59. The largest absolute Gasteiger partial charge is 0.394 e. The minimum Gasteiger partial charge on any atom is -0.394 e. The Hall–Kier alpha value is -0.680. The monoisotopic (exact) mass is 220 g/mol. The van der Waals surface area contributed by atoms with Gasteiger partial charge in [0.25, 0.3) is 0 Å². The highest BCUT2D eigenvalue weighted by molar-refractivity contribution is 4.84. The van der Waals surface area contributed by atoms with E-state index in [1.54, 1.807) is 0 Å². The Morgan fingerprint density at radius 1 is 1.07 bits per heavy atom. The molecular weight excluding hydrogens is 204 g/mol. The van der Waals surface area contributed by atoms with Crippen molar-refractivity contribution >= 4 is 0 Å². The van der Waals surface area contributed by atoms with E-state index in [1.807, 2.05) is 0 Å². The van der Waals surface area contributed by atoms with Crippen LogP contribution in [0.2, 0.25) is 0 Å². The van der Waals surface area contributed by atoms with Gasteiger partial charge in [-0.2, -0.15) is 0 Å². The van der Waals surface area contributed by atoms with Gasteiger partial charge in [0, 0.05) is 0 Å². The first-order valence-corrected chi connectivity index (χ1v) is 4.39. The molecule has 0 spiro atoms. The SMILES string of the molecule is C#CCOCC(O)C(O)C(O)C(O)CO. The fraction of sp³-hybridized carbons (Fsp3) is 0.778. The average molecular weight is 220 g/mol. The Morgan fingerprint density at radius 3 is 2.07 bits per heavy atom. The first-order valence-electron chi connectivity index (χ1n) is 4.39. The lowest BCUT2D eigenvalue weighted by Crippen LogP contribution is -2.47. The van der Waals surface area contributed by atoms with Gasteiger partial charge in [-0.3, -0.25) is 0 Å². The smallest absolute Gasteiger partial charge is 0.111 e. The van der Waals surface area contributed by atoms with E-state index in [9.17, 15) is 15.3 Å². The van der Waals surface area contributed by atoms with Crippen LogP contribution in [0.3, 0.4) is 0 Å². The van der Waals surface area contributed by atoms with Crippen LogP contribution in [0.4, 0.5) is 0 Å². The molecule has 0 aliphatic rings. The third-order valence-corrected chi connectivity index (χ3v) is 1.80. The molecular formula is C9H16O6. The first-order chi connectivity index (χ1) is 7.04. The van der Waals surface area contributed by atoms with E-state index in [-0.39, 0.29) is 13.2 Å². The Labute approximate surface area is 87.7 Å². The molecule has 0 radical (unpaired) electrons. The molecule has 0 aromatic rings. The molecule has 0 rings (SSSR count). The quantitative estimate of drug-likeness (QED) is 0.232. The molecule has 5 N–H and O–H groups in total. The van der Waals surface area contributed by atoms with Crippen molar-refractivity contribution in [3.05, 3.63) is 0 Å². The van der Waals surface area contributed by atoms with E-state index >= 15 is 0 Å². The number of rotatable bonds is 7. The molecule has 0 fully saturated rings. The lowest BCUT2D eigenvalue weighted by Gasteiger charge is -2.25. The van der Waals surface area contributed by atoms with Crippen molar-refractivity contribution in [2.75, 3.05) is 19.8 Å². The summed E-state index contributed by atoms with van der Waals surface area (Å²) in [4.78, 5) is 0. The van der Waals surface area contributed by atoms with Crippen LogP contribution in [0.5, 0.6) is 0 Å². The maximum Gasteiger partial charge on any atom is 0.111 e. The zero-order valence-electron chi connectivity index (χ0n) is 8.15. The number of terminal acetylenes is 1. The third-order valence-electron chi connectivity index (χ3n) is 1.80. The van der Waals surface area contributed by atoms with Crippen LogP contribution in [0.15, 0.2) is 0 Å². The predicted molar refractivity (Wildman–Crippen MR) is 50.8 cm³/mol. The van der Waals surface area contributed by atoms with Crippen molar-refractivity contribution < 1.29 is 30.3 Å². The Morgan fingerprint density at radius 2 is 1.60 bits per heavy atom. The maximum absolute atomic E-state index is 9.28. The molecule has 15 heavy (non-hydrogen) atoms. The molecule has 0 aliphatic heterocycles. The number of aliphatic hydroxyl groups is 5. The number of hydrogen-bond donors (Lipinski definition) is 5. The zero-order valence-corrected chi connectivity index (χ0v) is 8.15. The average Bonchev–Trinajstić information content (AvgIpc) is 2.26. The van der Waals surface area contributed by atoms with Crippen LogP contribution >= 0.6 is 0 Å². The van der Waals surface area contributed by atoms with E-state index < -0.39 is 31.0 Å². The molecule has 6 nitrogen and oxygen atoms in total. The Balaban J connectivity index is 3.96. The van der Waals surface area contributed by atoms with E-state index in [0.717, 1.165) is 0 Å². The van der Waals surface area contributed by atoms with E-state index in [2.05, 4.69) is 5.92 Å². The summed E-state index contributed by atoms with van der Waals surface area (Å²) >= 11 is 0. The summed E-state index contributed by atoms with van der Waals surface area (Å²) < 4.78 is 4.73. The van der Waals surface area contributed by atoms with Crippen LogP contribution in [0, 0.1) is 12.3 Å². The molecule has 0 bridgehead atoms.